The van der Waals surface area contributed by atoms with Crippen LogP contribution in [0.25, 0.3) is 0 Å². The topological polar surface area (TPSA) is 161 Å². The van der Waals surface area contributed by atoms with Crippen molar-refractivity contribution in [1.29, 1.82) is 0 Å². The third-order valence-electron chi connectivity index (χ3n) is 5.62. The summed E-state index contributed by atoms with van der Waals surface area (Å²) in [6.07, 6.45) is -0.338. The number of carbonyl (C=O) groups is 3. The summed E-state index contributed by atoms with van der Waals surface area (Å²) in [4.78, 5) is 43.5. The lowest BCUT2D eigenvalue weighted by atomic mass is 10.1. The summed E-state index contributed by atoms with van der Waals surface area (Å²) in [6, 6.07) is 3.99. The van der Waals surface area contributed by atoms with Crippen molar-refractivity contribution in [2.75, 3.05) is 26.3 Å². The zero-order chi connectivity index (χ0) is 23.4. The lowest BCUT2D eigenvalue weighted by Crippen LogP contribution is -2.45. The number of hydrogen-bond donors (Lipinski definition) is 2. The SMILES string of the molecule is NC(=O)C(CCC(=O)O)N1Cc2c(OCc3nc(CN4CCOCC4)no3)cccc2C1=O. The maximum absolute atomic E-state index is 12.9. The molecule has 12 nitrogen and oxygen atoms in total. The molecular weight excluding hydrogens is 434 g/mol. The van der Waals surface area contributed by atoms with Gasteiger partial charge in [-0.3, -0.25) is 19.3 Å². The molecule has 0 saturated carbocycles. The molecule has 2 aromatic rings. The Balaban J connectivity index is 1.41. The molecule has 2 aliphatic rings. The number of hydrogen-bond acceptors (Lipinski definition) is 9. The highest BCUT2D eigenvalue weighted by Crippen LogP contribution is 2.33. The first-order chi connectivity index (χ1) is 15.9. The van der Waals surface area contributed by atoms with E-state index in [1.807, 2.05) is 0 Å². The molecule has 1 fully saturated rings. The Morgan fingerprint density at radius 2 is 2.06 bits per heavy atom. The van der Waals surface area contributed by atoms with E-state index in [-0.39, 0.29) is 26.0 Å². The molecule has 0 bridgehead atoms. The molecule has 2 amide bonds. The van der Waals surface area contributed by atoms with Gasteiger partial charge in [-0.05, 0) is 18.6 Å². The highest BCUT2D eigenvalue weighted by atomic mass is 16.5. The number of benzene rings is 1. The minimum absolute atomic E-state index is 0.0129. The van der Waals surface area contributed by atoms with Crippen molar-refractivity contribution in [2.45, 2.75) is 38.6 Å². The predicted molar refractivity (Wildman–Crippen MR) is 111 cm³/mol. The first-order valence-corrected chi connectivity index (χ1v) is 10.6. The monoisotopic (exact) mass is 459 g/mol. The molecular formula is C21H25N5O7. The number of carboxylic acids is 1. The number of nitrogens with zero attached hydrogens (tertiary/aromatic N) is 4. The van der Waals surface area contributed by atoms with Gasteiger partial charge < -0.3 is 29.7 Å². The van der Waals surface area contributed by atoms with Crippen LogP contribution >= 0.6 is 0 Å². The maximum atomic E-state index is 12.9. The summed E-state index contributed by atoms with van der Waals surface area (Å²) in [5.74, 6) is -0.917. The number of carbonyl (C=O) groups excluding carboxylic acids is 2. The molecule has 12 heteroatoms. The zero-order valence-electron chi connectivity index (χ0n) is 17.9. The quantitative estimate of drug-likeness (QED) is 0.500. The fourth-order valence-corrected chi connectivity index (χ4v) is 3.94. The Kier molecular flexibility index (Phi) is 6.84. The van der Waals surface area contributed by atoms with E-state index in [2.05, 4.69) is 15.0 Å². The first-order valence-electron chi connectivity index (χ1n) is 10.6. The third-order valence-corrected chi connectivity index (χ3v) is 5.62. The minimum atomic E-state index is -1.07. The van der Waals surface area contributed by atoms with Crippen LogP contribution in [0.5, 0.6) is 5.75 Å². The number of nitrogens with two attached hydrogens (primary N) is 1. The molecule has 1 aromatic heterocycles. The van der Waals surface area contributed by atoms with Gasteiger partial charge in [-0.1, -0.05) is 11.2 Å². The van der Waals surface area contributed by atoms with Crippen molar-refractivity contribution in [3.63, 3.8) is 0 Å². The summed E-state index contributed by atoms with van der Waals surface area (Å²) in [6.45, 7) is 3.62. The Labute approximate surface area is 189 Å². The van der Waals surface area contributed by atoms with Crippen LogP contribution in [0.4, 0.5) is 0 Å². The van der Waals surface area contributed by atoms with Gasteiger partial charge in [0.05, 0.1) is 26.3 Å². The largest absolute Gasteiger partial charge is 0.483 e. The number of aromatic nitrogens is 2. The number of ether oxygens (including phenoxy) is 2. The average molecular weight is 459 g/mol. The number of aliphatic carboxylic acids is 1. The van der Waals surface area contributed by atoms with Gasteiger partial charge in [0.1, 0.15) is 11.8 Å². The van der Waals surface area contributed by atoms with Crippen LogP contribution in [0, 0.1) is 0 Å². The van der Waals surface area contributed by atoms with Crippen molar-refractivity contribution in [3.8, 4) is 5.75 Å². The van der Waals surface area contributed by atoms with E-state index in [1.54, 1.807) is 18.2 Å². The highest BCUT2D eigenvalue weighted by molar-refractivity contribution is 6.01. The van der Waals surface area contributed by atoms with Gasteiger partial charge in [0.2, 0.25) is 5.91 Å². The van der Waals surface area contributed by atoms with E-state index in [4.69, 9.17) is 24.8 Å². The van der Waals surface area contributed by atoms with Gasteiger partial charge in [0.15, 0.2) is 12.4 Å². The maximum Gasteiger partial charge on any atom is 0.303 e. The fourth-order valence-electron chi connectivity index (χ4n) is 3.94. The second kappa shape index (κ2) is 9.96. The van der Waals surface area contributed by atoms with Crippen LogP contribution in [-0.4, -0.2) is 75.2 Å². The van der Waals surface area contributed by atoms with Gasteiger partial charge in [0, 0.05) is 30.6 Å². The molecule has 33 heavy (non-hydrogen) atoms. The molecule has 3 heterocycles. The minimum Gasteiger partial charge on any atom is -0.483 e. The fraction of sp³-hybridized carbons (Fsp3) is 0.476. The Bertz CT molecular complexity index is 1030. The summed E-state index contributed by atoms with van der Waals surface area (Å²) in [7, 11) is 0. The molecule has 4 rings (SSSR count). The van der Waals surface area contributed by atoms with Gasteiger partial charge in [-0.2, -0.15) is 4.98 Å². The summed E-state index contributed by atoms with van der Waals surface area (Å²) in [5.41, 5.74) is 6.42. The highest BCUT2D eigenvalue weighted by Gasteiger charge is 2.37. The first kappa shape index (κ1) is 22.7. The molecule has 3 N–H and O–H groups in total. The Morgan fingerprint density at radius 3 is 2.79 bits per heavy atom. The number of morpholine rings is 1. The molecule has 2 aliphatic heterocycles. The van der Waals surface area contributed by atoms with Gasteiger partial charge in [0.25, 0.3) is 11.8 Å². The normalized spacial score (nSPS) is 17.1. The van der Waals surface area contributed by atoms with Gasteiger partial charge in [-0.25, -0.2) is 0 Å². The number of fused-ring (bicyclic) bond motifs is 1. The molecule has 0 spiro atoms. The smallest absolute Gasteiger partial charge is 0.303 e. The van der Waals surface area contributed by atoms with E-state index >= 15 is 0 Å². The molecule has 0 radical (unpaired) electrons. The lowest BCUT2D eigenvalue weighted by molar-refractivity contribution is -0.137. The summed E-state index contributed by atoms with van der Waals surface area (Å²) in [5, 5.41) is 12.9. The van der Waals surface area contributed by atoms with E-state index in [9.17, 15) is 14.4 Å². The molecule has 1 saturated heterocycles. The Hall–Kier alpha value is -3.51. The van der Waals surface area contributed by atoms with Crippen LogP contribution in [0.15, 0.2) is 22.7 Å². The Morgan fingerprint density at radius 1 is 1.27 bits per heavy atom. The second-order valence-electron chi connectivity index (χ2n) is 7.85. The molecule has 1 aromatic carbocycles. The molecule has 0 aliphatic carbocycles. The number of rotatable bonds is 10. The van der Waals surface area contributed by atoms with Crippen LogP contribution in [0.1, 0.15) is 40.5 Å². The number of primary amides is 1. The van der Waals surface area contributed by atoms with Crippen LogP contribution in [-0.2, 0) is 34.0 Å². The predicted octanol–water partition coefficient (Wildman–Crippen LogP) is 0.155. The molecule has 176 valence electrons. The van der Waals surface area contributed by atoms with Crippen molar-refractivity contribution < 1.29 is 33.5 Å². The van der Waals surface area contributed by atoms with Crippen LogP contribution in [0.3, 0.4) is 0 Å². The number of amides is 2. The van der Waals surface area contributed by atoms with E-state index in [1.165, 1.54) is 4.90 Å². The van der Waals surface area contributed by atoms with Crippen molar-refractivity contribution in [3.05, 3.63) is 41.0 Å². The lowest BCUT2D eigenvalue weighted by Gasteiger charge is -2.24. The standard InChI is InChI=1S/C21H25N5O7/c22-20(29)15(4-5-19(27)28)26-10-14-13(21(26)30)2-1-3-16(14)32-12-18-23-17(24-33-18)11-25-6-8-31-9-7-25/h1-3,15H,4-12H2,(H2,22,29)(H,27,28). The van der Waals surface area contributed by atoms with Gasteiger partial charge in [-0.15, -0.1) is 0 Å². The molecule has 1 unspecified atom stereocenters. The van der Waals surface area contributed by atoms with E-state index in [0.29, 0.717) is 48.4 Å². The number of carboxylic acid groups (broad SMARTS) is 1. The van der Waals surface area contributed by atoms with Crippen molar-refractivity contribution in [2.24, 2.45) is 5.73 Å². The van der Waals surface area contributed by atoms with Crippen molar-refractivity contribution in [1.82, 2.24) is 19.9 Å². The van der Waals surface area contributed by atoms with E-state index in [0.717, 1.165) is 13.1 Å². The third kappa shape index (κ3) is 5.29. The van der Waals surface area contributed by atoms with Crippen LogP contribution in [0.2, 0.25) is 0 Å². The second-order valence-corrected chi connectivity index (χ2v) is 7.85. The van der Waals surface area contributed by atoms with Gasteiger partial charge >= 0.3 is 5.97 Å². The zero-order valence-corrected chi connectivity index (χ0v) is 17.9. The average Bonchev–Trinajstić information content (AvgIpc) is 3.37. The van der Waals surface area contributed by atoms with E-state index < -0.39 is 23.8 Å². The summed E-state index contributed by atoms with van der Waals surface area (Å²) < 4.78 is 16.5. The van der Waals surface area contributed by atoms with Crippen molar-refractivity contribution >= 4 is 17.8 Å². The molecule has 1 atom stereocenters. The summed E-state index contributed by atoms with van der Waals surface area (Å²) >= 11 is 0. The van der Waals surface area contributed by atoms with Crippen LogP contribution < -0.4 is 10.5 Å².